The van der Waals surface area contributed by atoms with Crippen molar-refractivity contribution in [1.29, 1.82) is 0 Å². The largest absolute Gasteiger partial charge is 0.497 e. The third-order valence-corrected chi connectivity index (χ3v) is 4.41. The number of carbonyl (C=O) groups excluding carboxylic acids is 1. The number of amides is 1. The molecule has 0 atom stereocenters. The standard InChI is InChI=1S/C23H18N2O2/c1-27-18-11-7-8-16(14-18)20-15-24-21-13-6-5-12-19(21)22(20)23(26)25-17-9-3-2-4-10-17/h2-15H,1H3,(H,25,26). The molecule has 27 heavy (non-hydrogen) atoms. The maximum absolute atomic E-state index is 13.2. The quantitative estimate of drug-likeness (QED) is 0.550. The number of nitrogens with zero attached hydrogens (tertiary/aromatic N) is 1. The van der Waals surface area contributed by atoms with Crippen molar-refractivity contribution in [3.8, 4) is 16.9 Å². The topological polar surface area (TPSA) is 51.2 Å². The van der Waals surface area contributed by atoms with E-state index in [2.05, 4.69) is 10.3 Å². The van der Waals surface area contributed by atoms with Crippen LogP contribution in [0, 0.1) is 0 Å². The summed E-state index contributed by atoms with van der Waals surface area (Å²) >= 11 is 0. The van der Waals surface area contributed by atoms with Crippen molar-refractivity contribution in [2.75, 3.05) is 12.4 Å². The van der Waals surface area contributed by atoms with E-state index in [1.807, 2.05) is 78.9 Å². The van der Waals surface area contributed by atoms with Crippen molar-refractivity contribution in [2.45, 2.75) is 0 Å². The molecule has 1 aromatic heterocycles. The molecule has 0 saturated carbocycles. The van der Waals surface area contributed by atoms with E-state index < -0.39 is 0 Å². The van der Waals surface area contributed by atoms with Crippen molar-refractivity contribution in [3.63, 3.8) is 0 Å². The molecule has 0 saturated heterocycles. The second-order valence-corrected chi connectivity index (χ2v) is 6.12. The number of pyridine rings is 1. The van der Waals surface area contributed by atoms with E-state index in [4.69, 9.17) is 4.74 Å². The molecule has 0 spiro atoms. The van der Waals surface area contributed by atoms with Gasteiger partial charge in [-0.1, -0.05) is 48.5 Å². The van der Waals surface area contributed by atoms with Crippen LogP contribution in [0.5, 0.6) is 5.75 Å². The van der Waals surface area contributed by atoms with E-state index in [9.17, 15) is 4.79 Å². The van der Waals surface area contributed by atoms with Gasteiger partial charge in [-0.25, -0.2) is 0 Å². The highest BCUT2D eigenvalue weighted by Gasteiger charge is 2.18. The lowest BCUT2D eigenvalue weighted by atomic mass is 9.97. The summed E-state index contributed by atoms with van der Waals surface area (Å²) in [5.74, 6) is 0.563. The van der Waals surface area contributed by atoms with E-state index in [0.717, 1.165) is 33.5 Å². The molecule has 0 bridgehead atoms. The van der Waals surface area contributed by atoms with Crippen LogP contribution >= 0.6 is 0 Å². The number of rotatable bonds is 4. The molecule has 0 fully saturated rings. The lowest BCUT2D eigenvalue weighted by molar-refractivity contribution is 0.102. The van der Waals surface area contributed by atoms with E-state index in [1.54, 1.807) is 13.3 Å². The van der Waals surface area contributed by atoms with E-state index in [-0.39, 0.29) is 5.91 Å². The number of nitrogens with one attached hydrogen (secondary N) is 1. The molecule has 1 amide bonds. The lowest BCUT2D eigenvalue weighted by Gasteiger charge is -2.14. The minimum Gasteiger partial charge on any atom is -0.497 e. The minimum atomic E-state index is -0.169. The van der Waals surface area contributed by atoms with Gasteiger partial charge in [0.25, 0.3) is 5.91 Å². The molecule has 0 unspecified atom stereocenters. The summed E-state index contributed by atoms with van der Waals surface area (Å²) in [6, 6.07) is 24.7. The SMILES string of the molecule is COc1cccc(-c2cnc3ccccc3c2C(=O)Nc2ccccc2)c1. The van der Waals surface area contributed by atoms with Gasteiger partial charge in [0.2, 0.25) is 0 Å². The highest BCUT2D eigenvalue weighted by molar-refractivity contribution is 6.16. The van der Waals surface area contributed by atoms with Crippen LogP contribution in [0.2, 0.25) is 0 Å². The zero-order chi connectivity index (χ0) is 18.6. The van der Waals surface area contributed by atoms with Crippen LogP contribution < -0.4 is 10.1 Å². The fourth-order valence-corrected chi connectivity index (χ4v) is 3.11. The molecule has 1 heterocycles. The first-order chi connectivity index (χ1) is 13.3. The highest BCUT2D eigenvalue weighted by Crippen LogP contribution is 2.31. The summed E-state index contributed by atoms with van der Waals surface area (Å²) in [6.07, 6.45) is 1.75. The van der Waals surface area contributed by atoms with Gasteiger partial charge in [-0.05, 0) is 35.9 Å². The van der Waals surface area contributed by atoms with Crippen molar-refractivity contribution in [1.82, 2.24) is 4.98 Å². The number of methoxy groups -OCH3 is 1. The lowest BCUT2D eigenvalue weighted by Crippen LogP contribution is -2.14. The summed E-state index contributed by atoms with van der Waals surface area (Å²) in [5.41, 5.74) is 3.77. The zero-order valence-corrected chi connectivity index (χ0v) is 14.8. The molecule has 3 aromatic carbocycles. The molecule has 1 N–H and O–H groups in total. The second kappa shape index (κ2) is 7.30. The van der Waals surface area contributed by atoms with Gasteiger partial charge < -0.3 is 10.1 Å². The first kappa shape index (κ1) is 16.8. The summed E-state index contributed by atoms with van der Waals surface area (Å²) in [7, 11) is 1.63. The molecule has 4 rings (SSSR count). The monoisotopic (exact) mass is 354 g/mol. The maximum atomic E-state index is 13.2. The summed E-state index contributed by atoms with van der Waals surface area (Å²) in [5, 5.41) is 3.80. The van der Waals surface area contributed by atoms with Crippen molar-refractivity contribution in [3.05, 3.63) is 90.6 Å². The second-order valence-electron chi connectivity index (χ2n) is 6.12. The van der Waals surface area contributed by atoms with Crippen LogP contribution in [-0.2, 0) is 0 Å². The van der Waals surface area contributed by atoms with Crippen molar-refractivity contribution < 1.29 is 9.53 Å². The smallest absolute Gasteiger partial charge is 0.257 e. The Hall–Kier alpha value is -3.66. The summed E-state index contributed by atoms with van der Waals surface area (Å²) < 4.78 is 5.34. The summed E-state index contributed by atoms with van der Waals surface area (Å²) in [4.78, 5) is 17.7. The molecule has 4 aromatic rings. The zero-order valence-electron chi connectivity index (χ0n) is 14.8. The molecule has 4 nitrogen and oxygen atoms in total. The van der Waals surface area contributed by atoms with Crippen molar-refractivity contribution in [2.24, 2.45) is 0 Å². The van der Waals surface area contributed by atoms with Gasteiger partial charge in [-0.15, -0.1) is 0 Å². The van der Waals surface area contributed by atoms with Crippen LogP contribution in [0.25, 0.3) is 22.0 Å². The Morgan fingerprint density at radius 2 is 1.70 bits per heavy atom. The van der Waals surface area contributed by atoms with Gasteiger partial charge in [0.15, 0.2) is 0 Å². The van der Waals surface area contributed by atoms with Gasteiger partial charge >= 0.3 is 0 Å². The van der Waals surface area contributed by atoms with E-state index >= 15 is 0 Å². The van der Waals surface area contributed by atoms with Gasteiger partial charge in [-0.3, -0.25) is 9.78 Å². The van der Waals surface area contributed by atoms with E-state index in [1.165, 1.54) is 0 Å². The number of anilines is 1. The first-order valence-corrected chi connectivity index (χ1v) is 8.65. The predicted octanol–water partition coefficient (Wildman–Crippen LogP) is 5.16. The molecular weight excluding hydrogens is 336 g/mol. The van der Waals surface area contributed by atoms with Crippen LogP contribution in [0.1, 0.15) is 10.4 Å². The number of para-hydroxylation sites is 2. The third-order valence-electron chi connectivity index (χ3n) is 4.41. The van der Waals surface area contributed by atoms with Gasteiger partial charge in [0.05, 0.1) is 18.2 Å². The molecule has 0 radical (unpaired) electrons. The molecule has 0 aliphatic carbocycles. The van der Waals surface area contributed by atoms with Crippen LogP contribution in [-0.4, -0.2) is 18.0 Å². The number of ether oxygens (including phenoxy) is 1. The number of benzene rings is 3. The minimum absolute atomic E-state index is 0.169. The Labute approximate surface area is 157 Å². The van der Waals surface area contributed by atoms with Gasteiger partial charge in [-0.2, -0.15) is 0 Å². The predicted molar refractivity (Wildman–Crippen MR) is 108 cm³/mol. The Bertz CT molecular complexity index is 1110. The number of hydrogen-bond donors (Lipinski definition) is 1. The molecule has 132 valence electrons. The average Bonchev–Trinajstić information content (AvgIpc) is 2.73. The Morgan fingerprint density at radius 3 is 2.52 bits per heavy atom. The number of fused-ring (bicyclic) bond motifs is 1. The van der Waals surface area contributed by atoms with Gasteiger partial charge in [0.1, 0.15) is 5.75 Å². The highest BCUT2D eigenvalue weighted by atomic mass is 16.5. The van der Waals surface area contributed by atoms with E-state index in [0.29, 0.717) is 5.56 Å². The van der Waals surface area contributed by atoms with Crippen LogP contribution in [0.4, 0.5) is 5.69 Å². The average molecular weight is 354 g/mol. The van der Waals surface area contributed by atoms with Crippen molar-refractivity contribution >= 4 is 22.5 Å². The fraction of sp³-hybridized carbons (Fsp3) is 0.0435. The Balaban J connectivity index is 1.89. The summed E-state index contributed by atoms with van der Waals surface area (Å²) in [6.45, 7) is 0. The molecule has 0 aliphatic heterocycles. The first-order valence-electron chi connectivity index (χ1n) is 8.65. The molecular formula is C23H18N2O2. The Kier molecular flexibility index (Phi) is 4.54. The van der Waals surface area contributed by atoms with Crippen LogP contribution in [0.15, 0.2) is 85.1 Å². The molecule has 0 aliphatic rings. The normalized spacial score (nSPS) is 10.6. The fourth-order valence-electron chi connectivity index (χ4n) is 3.11. The van der Waals surface area contributed by atoms with Crippen LogP contribution in [0.3, 0.4) is 0 Å². The number of aromatic nitrogens is 1. The molecule has 4 heteroatoms. The maximum Gasteiger partial charge on any atom is 0.257 e. The van der Waals surface area contributed by atoms with Gasteiger partial charge in [0, 0.05) is 22.8 Å². The number of hydrogen-bond acceptors (Lipinski definition) is 3. The Morgan fingerprint density at radius 1 is 0.926 bits per heavy atom. The number of carbonyl (C=O) groups is 1. The third kappa shape index (κ3) is 3.37.